The highest BCUT2D eigenvalue weighted by molar-refractivity contribution is 7.14. The molecule has 3 nitrogen and oxygen atoms in total. The van der Waals surface area contributed by atoms with E-state index >= 15 is 0 Å². The summed E-state index contributed by atoms with van der Waals surface area (Å²) in [5.74, 6) is 0. The fourth-order valence-electron chi connectivity index (χ4n) is 0.885. The molecular formula is C7H7N3S. The van der Waals surface area contributed by atoms with Crippen LogP contribution >= 0.6 is 11.3 Å². The first-order chi connectivity index (χ1) is 5.47. The number of thiazole rings is 1. The third-order valence-corrected chi connectivity index (χ3v) is 2.21. The first kappa shape index (κ1) is 6.54. The van der Waals surface area contributed by atoms with Gasteiger partial charge in [-0.15, -0.1) is 11.3 Å². The summed E-state index contributed by atoms with van der Waals surface area (Å²) in [6.45, 7) is 0.895. The molecule has 0 bridgehead atoms. The molecule has 0 spiro atoms. The molecule has 1 aliphatic heterocycles. The molecule has 2 rings (SSSR count). The van der Waals surface area contributed by atoms with E-state index in [1.165, 1.54) is 0 Å². The maximum atomic E-state index is 4.01. The Morgan fingerprint density at radius 3 is 3.18 bits per heavy atom. The Balaban J connectivity index is 2.19. The number of aliphatic imine (C=N–C) groups is 1. The minimum atomic E-state index is 0.895. The normalized spacial score (nSPS) is 15.8. The second-order valence-corrected chi connectivity index (χ2v) is 3.01. The second kappa shape index (κ2) is 2.84. The van der Waals surface area contributed by atoms with Gasteiger partial charge in [-0.05, 0) is 6.08 Å². The van der Waals surface area contributed by atoms with Gasteiger partial charge in [-0.2, -0.15) is 0 Å². The van der Waals surface area contributed by atoms with Crippen LogP contribution in [0.2, 0.25) is 0 Å². The zero-order valence-corrected chi connectivity index (χ0v) is 6.66. The lowest BCUT2D eigenvalue weighted by Crippen LogP contribution is -2.21. The average Bonchev–Trinajstić information content (AvgIpc) is 2.58. The monoisotopic (exact) mass is 165 g/mol. The molecule has 2 heterocycles. The van der Waals surface area contributed by atoms with Gasteiger partial charge < -0.3 is 4.90 Å². The Morgan fingerprint density at radius 1 is 1.55 bits per heavy atom. The van der Waals surface area contributed by atoms with E-state index in [0.29, 0.717) is 0 Å². The van der Waals surface area contributed by atoms with Crippen molar-refractivity contribution in [1.29, 1.82) is 0 Å². The fourth-order valence-corrected chi connectivity index (χ4v) is 1.49. The minimum Gasteiger partial charge on any atom is -0.319 e. The summed E-state index contributed by atoms with van der Waals surface area (Å²) in [6.07, 6.45) is 7.47. The van der Waals surface area contributed by atoms with Crippen molar-refractivity contribution in [2.75, 3.05) is 11.4 Å². The van der Waals surface area contributed by atoms with Crippen LogP contribution in [0.3, 0.4) is 0 Å². The standard InChI is InChI=1S/C7H7N3S/c1-2-8-5-10(3-1)7-4-9-6-11-7/h1-2,4-6H,3H2. The van der Waals surface area contributed by atoms with Crippen LogP contribution in [0.4, 0.5) is 5.00 Å². The molecule has 0 amide bonds. The lowest BCUT2D eigenvalue weighted by molar-refractivity contribution is 1.14. The van der Waals surface area contributed by atoms with Crippen molar-refractivity contribution in [3.63, 3.8) is 0 Å². The van der Waals surface area contributed by atoms with Gasteiger partial charge in [0.2, 0.25) is 0 Å². The number of anilines is 1. The Morgan fingerprint density at radius 2 is 2.55 bits per heavy atom. The molecule has 1 aromatic rings. The summed E-state index contributed by atoms with van der Waals surface area (Å²) < 4.78 is 0. The summed E-state index contributed by atoms with van der Waals surface area (Å²) in [6, 6.07) is 0. The topological polar surface area (TPSA) is 28.5 Å². The van der Waals surface area contributed by atoms with Crippen molar-refractivity contribution in [2.24, 2.45) is 4.99 Å². The van der Waals surface area contributed by atoms with Gasteiger partial charge in [0, 0.05) is 12.7 Å². The predicted molar refractivity (Wildman–Crippen MR) is 47.1 cm³/mol. The zero-order valence-electron chi connectivity index (χ0n) is 5.84. The second-order valence-electron chi connectivity index (χ2n) is 2.14. The van der Waals surface area contributed by atoms with Crippen molar-refractivity contribution in [1.82, 2.24) is 4.98 Å². The summed E-state index contributed by atoms with van der Waals surface area (Å²) in [5, 5.41) is 1.14. The average molecular weight is 165 g/mol. The number of hydrogen-bond acceptors (Lipinski definition) is 4. The summed E-state index contributed by atoms with van der Waals surface area (Å²) >= 11 is 1.62. The Labute approximate surface area is 68.7 Å². The van der Waals surface area contributed by atoms with Gasteiger partial charge in [0.25, 0.3) is 0 Å². The first-order valence-electron chi connectivity index (χ1n) is 3.30. The Kier molecular flexibility index (Phi) is 1.69. The van der Waals surface area contributed by atoms with E-state index < -0.39 is 0 Å². The molecule has 0 aliphatic carbocycles. The highest BCUT2D eigenvalue weighted by Gasteiger charge is 2.04. The maximum absolute atomic E-state index is 4.01. The molecule has 0 saturated carbocycles. The fraction of sp³-hybridized carbons (Fsp3) is 0.143. The maximum Gasteiger partial charge on any atom is 0.116 e. The van der Waals surface area contributed by atoms with Crippen molar-refractivity contribution in [2.45, 2.75) is 0 Å². The third-order valence-electron chi connectivity index (χ3n) is 1.40. The molecule has 0 unspecified atom stereocenters. The van der Waals surface area contributed by atoms with Gasteiger partial charge in [-0.25, -0.2) is 4.99 Å². The Hall–Kier alpha value is -1.16. The van der Waals surface area contributed by atoms with Crippen molar-refractivity contribution < 1.29 is 0 Å². The molecular weight excluding hydrogens is 158 g/mol. The van der Waals surface area contributed by atoms with Crippen LogP contribution in [0.1, 0.15) is 0 Å². The lowest BCUT2D eigenvalue weighted by Gasteiger charge is -2.15. The minimum absolute atomic E-state index is 0.895. The van der Waals surface area contributed by atoms with Crippen molar-refractivity contribution in [3.8, 4) is 0 Å². The molecule has 0 radical (unpaired) electrons. The summed E-state index contributed by atoms with van der Waals surface area (Å²) in [5.41, 5.74) is 1.82. The van der Waals surface area contributed by atoms with Crippen LogP contribution < -0.4 is 4.90 Å². The van der Waals surface area contributed by atoms with Crippen molar-refractivity contribution in [3.05, 3.63) is 24.0 Å². The summed E-state index contributed by atoms with van der Waals surface area (Å²) in [7, 11) is 0. The molecule has 11 heavy (non-hydrogen) atoms. The number of nitrogens with zero attached hydrogens (tertiary/aromatic N) is 3. The van der Waals surface area contributed by atoms with Gasteiger partial charge in [0.05, 0.1) is 18.0 Å². The number of hydrogen-bond donors (Lipinski definition) is 0. The van der Waals surface area contributed by atoms with E-state index in [9.17, 15) is 0 Å². The van der Waals surface area contributed by atoms with Gasteiger partial charge in [0.1, 0.15) is 5.00 Å². The molecule has 0 aromatic carbocycles. The van der Waals surface area contributed by atoms with Gasteiger partial charge in [-0.3, -0.25) is 4.98 Å². The van der Waals surface area contributed by atoms with Crippen LogP contribution in [0.5, 0.6) is 0 Å². The number of aromatic nitrogens is 1. The van der Waals surface area contributed by atoms with Crippen LogP contribution in [0.25, 0.3) is 0 Å². The lowest BCUT2D eigenvalue weighted by atomic mass is 10.5. The first-order valence-corrected chi connectivity index (χ1v) is 4.18. The smallest absolute Gasteiger partial charge is 0.116 e. The highest BCUT2D eigenvalue weighted by atomic mass is 32.1. The van der Waals surface area contributed by atoms with Crippen molar-refractivity contribution >= 4 is 22.7 Å². The zero-order chi connectivity index (χ0) is 7.52. The van der Waals surface area contributed by atoms with Gasteiger partial charge in [-0.1, -0.05) is 0 Å². The van der Waals surface area contributed by atoms with Gasteiger partial charge >= 0.3 is 0 Å². The summed E-state index contributed by atoms with van der Waals surface area (Å²) in [4.78, 5) is 10.1. The largest absolute Gasteiger partial charge is 0.319 e. The predicted octanol–water partition coefficient (Wildman–Crippen LogP) is 1.51. The van der Waals surface area contributed by atoms with E-state index in [0.717, 1.165) is 11.5 Å². The van der Waals surface area contributed by atoms with Crippen LogP contribution in [-0.2, 0) is 0 Å². The van der Waals surface area contributed by atoms with Crippen LogP contribution in [0, 0.1) is 0 Å². The van der Waals surface area contributed by atoms with E-state index in [1.807, 2.05) is 24.1 Å². The highest BCUT2D eigenvalue weighted by Crippen LogP contribution is 2.18. The molecule has 0 fully saturated rings. The van der Waals surface area contributed by atoms with Crippen LogP contribution in [0.15, 0.2) is 29.0 Å². The van der Waals surface area contributed by atoms with E-state index in [4.69, 9.17) is 0 Å². The Bertz CT molecular complexity index is 276. The van der Waals surface area contributed by atoms with E-state index in [2.05, 4.69) is 14.9 Å². The molecule has 4 heteroatoms. The molecule has 56 valence electrons. The molecule has 1 aromatic heterocycles. The molecule has 0 atom stereocenters. The van der Waals surface area contributed by atoms with Crippen LogP contribution in [-0.4, -0.2) is 17.9 Å². The van der Waals surface area contributed by atoms with E-state index in [-0.39, 0.29) is 0 Å². The van der Waals surface area contributed by atoms with E-state index in [1.54, 1.807) is 17.5 Å². The quantitative estimate of drug-likeness (QED) is 0.631. The molecule has 1 aliphatic rings. The molecule has 0 N–H and O–H groups in total. The molecule has 0 saturated heterocycles. The number of rotatable bonds is 1. The van der Waals surface area contributed by atoms with Gasteiger partial charge in [0.15, 0.2) is 0 Å². The third kappa shape index (κ3) is 1.30. The SMILES string of the molecule is C1=CN=CN(c2cncs2)C1.